The van der Waals surface area contributed by atoms with Crippen LogP contribution in [-0.4, -0.2) is 7.11 Å². The molecule has 15 heavy (non-hydrogen) atoms. The van der Waals surface area contributed by atoms with Crippen molar-refractivity contribution in [2.45, 2.75) is 26.7 Å². The van der Waals surface area contributed by atoms with Crippen LogP contribution in [0.4, 0.5) is 0 Å². The number of rotatable bonds is 3. The zero-order valence-electron chi connectivity index (χ0n) is 9.46. The van der Waals surface area contributed by atoms with Gasteiger partial charge < -0.3 is 9.15 Å². The number of aryl methyl sites for hydroxylation is 2. The Morgan fingerprint density at radius 1 is 1.20 bits per heavy atom. The first-order valence-corrected chi connectivity index (χ1v) is 5.38. The van der Waals surface area contributed by atoms with E-state index in [9.17, 15) is 0 Å². The molecule has 0 aliphatic rings. The maximum absolute atomic E-state index is 5.76. The predicted octanol–water partition coefficient (Wildman–Crippen LogP) is 3.57. The Morgan fingerprint density at radius 3 is 2.60 bits per heavy atom. The summed E-state index contributed by atoms with van der Waals surface area (Å²) in [5.41, 5.74) is 2.20. The molecule has 2 rings (SSSR count). The first-order valence-electron chi connectivity index (χ1n) is 5.38. The van der Waals surface area contributed by atoms with Crippen molar-refractivity contribution in [1.82, 2.24) is 0 Å². The molecule has 0 fully saturated rings. The van der Waals surface area contributed by atoms with Crippen molar-refractivity contribution in [2.24, 2.45) is 0 Å². The van der Waals surface area contributed by atoms with E-state index in [4.69, 9.17) is 9.15 Å². The molecular formula is C13H16O2. The van der Waals surface area contributed by atoms with Crippen LogP contribution in [0.3, 0.4) is 0 Å². The smallest absolute Gasteiger partial charge is 0.176 e. The van der Waals surface area contributed by atoms with Crippen molar-refractivity contribution >= 4 is 11.0 Å². The van der Waals surface area contributed by atoms with Gasteiger partial charge in [-0.2, -0.15) is 0 Å². The summed E-state index contributed by atoms with van der Waals surface area (Å²) in [6.07, 6.45) is 1.93. The molecule has 0 unspecified atom stereocenters. The average molecular weight is 204 g/mol. The van der Waals surface area contributed by atoms with E-state index >= 15 is 0 Å². The second-order valence-electron chi connectivity index (χ2n) is 3.59. The average Bonchev–Trinajstić information content (AvgIpc) is 2.71. The third-order valence-electron chi connectivity index (χ3n) is 2.74. The lowest BCUT2D eigenvalue weighted by Gasteiger charge is -2.03. The monoisotopic (exact) mass is 204 g/mol. The van der Waals surface area contributed by atoms with E-state index in [0.717, 1.165) is 29.9 Å². The fraction of sp³-hybridized carbons (Fsp3) is 0.385. The zero-order valence-corrected chi connectivity index (χ0v) is 9.46. The summed E-state index contributed by atoms with van der Waals surface area (Å²) in [6, 6.07) is 6.21. The molecule has 80 valence electrons. The summed E-state index contributed by atoms with van der Waals surface area (Å²) < 4.78 is 11.0. The Morgan fingerprint density at radius 2 is 2.00 bits per heavy atom. The predicted molar refractivity (Wildman–Crippen MR) is 61.5 cm³/mol. The summed E-state index contributed by atoms with van der Waals surface area (Å²) in [6.45, 7) is 4.25. The lowest BCUT2D eigenvalue weighted by molar-refractivity contribution is 0.407. The summed E-state index contributed by atoms with van der Waals surface area (Å²) in [5.74, 6) is 1.84. The van der Waals surface area contributed by atoms with E-state index in [0.29, 0.717) is 0 Å². The van der Waals surface area contributed by atoms with Gasteiger partial charge in [0.25, 0.3) is 0 Å². The maximum atomic E-state index is 5.76. The zero-order chi connectivity index (χ0) is 10.8. The molecule has 2 nitrogen and oxygen atoms in total. The van der Waals surface area contributed by atoms with Crippen LogP contribution in [0.5, 0.6) is 5.75 Å². The summed E-state index contributed by atoms with van der Waals surface area (Å²) in [4.78, 5) is 0. The van der Waals surface area contributed by atoms with Crippen molar-refractivity contribution in [3.63, 3.8) is 0 Å². The number of hydrogen-bond donors (Lipinski definition) is 0. The summed E-state index contributed by atoms with van der Waals surface area (Å²) in [5, 5.41) is 1.19. The van der Waals surface area contributed by atoms with Crippen LogP contribution in [0.1, 0.15) is 25.2 Å². The van der Waals surface area contributed by atoms with Gasteiger partial charge in [-0.1, -0.05) is 19.9 Å². The number of furan rings is 1. The number of methoxy groups -OCH3 is 1. The molecule has 1 aromatic heterocycles. The Bertz CT molecular complexity index is 428. The van der Waals surface area contributed by atoms with Gasteiger partial charge in [0.05, 0.1) is 7.11 Å². The van der Waals surface area contributed by atoms with Crippen LogP contribution in [0.25, 0.3) is 11.0 Å². The van der Waals surface area contributed by atoms with Crippen LogP contribution < -0.4 is 4.74 Å². The van der Waals surface area contributed by atoms with Crippen LogP contribution in [-0.2, 0) is 12.8 Å². The van der Waals surface area contributed by atoms with Crippen LogP contribution >= 0.6 is 0 Å². The molecule has 1 heterocycles. The topological polar surface area (TPSA) is 22.4 Å². The van der Waals surface area contributed by atoms with Crippen molar-refractivity contribution in [1.29, 1.82) is 0 Å². The highest BCUT2D eigenvalue weighted by atomic mass is 16.5. The summed E-state index contributed by atoms with van der Waals surface area (Å²) >= 11 is 0. The Hall–Kier alpha value is -1.44. The lowest BCUT2D eigenvalue weighted by Crippen LogP contribution is -1.86. The molecule has 2 heteroatoms. The highest BCUT2D eigenvalue weighted by molar-refractivity contribution is 5.87. The molecule has 0 atom stereocenters. The van der Waals surface area contributed by atoms with Gasteiger partial charge in [-0.3, -0.25) is 0 Å². The number of hydrogen-bond acceptors (Lipinski definition) is 2. The fourth-order valence-corrected chi connectivity index (χ4v) is 1.85. The fourth-order valence-electron chi connectivity index (χ4n) is 1.85. The largest absolute Gasteiger partial charge is 0.493 e. The van der Waals surface area contributed by atoms with Crippen LogP contribution in [0.15, 0.2) is 22.6 Å². The van der Waals surface area contributed by atoms with Gasteiger partial charge in [0.1, 0.15) is 5.76 Å². The molecule has 0 saturated heterocycles. The minimum atomic E-state index is 0.821. The molecule has 1 aromatic carbocycles. The van der Waals surface area contributed by atoms with Gasteiger partial charge >= 0.3 is 0 Å². The van der Waals surface area contributed by atoms with Crippen molar-refractivity contribution in [3.05, 3.63) is 29.5 Å². The molecule has 0 bridgehead atoms. The molecule has 0 N–H and O–H groups in total. The quantitative estimate of drug-likeness (QED) is 0.762. The second-order valence-corrected chi connectivity index (χ2v) is 3.59. The Kier molecular flexibility index (Phi) is 2.67. The van der Waals surface area contributed by atoms with Crippen molar-refractivity contribution in [2.75, 3.05) is 7.11 Å². The minimum absolute atomic E-state index is 0.821. The molecule has 0 aliphatic carbocycles. The van der Waals surface area contributed by atoms with E-state index in [-0.39, 0.29) is 0 Å². The van der Waals surface area contributed by atoms with Crippen LogP contribution in [0, 0.1) is 0 Å². The maximum Gasteiger partial charge on any atom is 0.176 e. The third kappa shape index (κ3) is 1.60. The molecule has 0 spiro atoms. The molecule has 2 aromatic rings. The van der Waals surface area contributed by atoms with Gasteiger partial charge in [0.2, 0.25) is 0 Å². The number of benzene rings is 1. The molecule has 0 saturated carbocycles. The van der Waals surface area contributed by atoms with E-state index in [2.05, 4.69) is 26.0 Å². The minimum Gasteiger partial charge on any atom is -0.493 e. The first-order chi connectivity index (χ1) is 7.30. The Balaban J connectivity index is 2.71. The van der Waals surface area contributed by atoms with Gasteiger partial charge in [0.15, 0.2) is 11.3 Å². The molecule has 0 amide bonds. The highest BCUT2D eigenvalue weighted by Crippen LogP contribution is 2.31. The van der Waals surface area contributed by atoms with Crippen LogP contribution in [0.2, 0.25) is 0 Å². The van der Waals surface area contributed by atoms with Gasteiger partial charge in [-0.05, 0) is 24.1 Å². The van der Waals surface area contributed by atoms with Crippen molar-refractivity contribution in [3.8, 4) is 5.75 Å². The standard InChI is InChI=1S/C13H16O2/c1-4-9-6-7-12(14-3)13-11(9)8-10(5-2)15-13/h6-8H,4-5H2,1-3H3. The second kappa shape index (κ2) is 3.97. The normalized spacial score (nSPS) is 10.9. The third-order valence-corrected chi connectivity index (χ3v) is 2.74. The summed E-state index contributed by atoms with van der Waals surface area (Å²) in [7, 11) is 1.68. The number of ether oxygens (including phenoxy) is 1. The number of fused-ring (bicyclic) bond motifs is 1. The van der Waals surface area contributed by atoms with E-state index in [1.165, 1.54) is 10.9 Å². The Labute approximate surface area is 89.8 Å². The molecular weight excluding hydrogens is 188 g/mol. The van der Waals surface area contributed by atoms with E-state index < -0.39 is 0 Å². The lowest BCUT2D eigenvalue weighted by atomic mass is 10.1. The first kappa shape index (κ1) is 10.1. The van der Waals surface area contributed by atoms with Gasteiger partial charge in [0, 0.05) is 11.8 Å². The highest BCUT2D eigenvalue weighted by Gasteiger charge is 2.10. The van der Waals surface area contributed by atoms with E-state index in [1.807, 2.05) is 6.07 Å². The molecule has 0 aliphatic heterocycles. The molecule has 0 radical (unpaired) electrons. The SMILES string of the molecule is CCc1cc2c(CC)ccc(OC)c2o1. The van der Waals surface area contributed by atoms with Gasteiger partial charge in [-0.25, -0.2) is 0 Å². The van der Waals surface area contributed by atoms with Gasteiger partial charge in [-0.15, -0.1) is 0 Å². The van der Waals surface area contributed by atoms with Crippen molar-refractivity contribution < 1.29 is 9.15 Å². The van der Waals surface area contributed by atoms with E-state index in [1.54, 1.807) is 7.11 Å².